The van der Waals surface area contributed by atoms with Gasteiger partial charge in [-0.15, -0.1) is 5.10 Å². The Bertz CT molecular complexity index is 305. The molecule has 11 heavy (non-hydrogen) atoms. The molecule has 0 radical (unpaired) electrons. The van der Waals surface area contributed by atoms with Gasteiger partial charge in [-0.2, -0.15) is 9.89 Å². The molecule has 0 aliphatic carbocycles. The Hall–Kier alpha value is -1.78. The molecule has 2 heterocycles. The lowest BCUT2D eigenvalue weighted by molar-refractivity contribution is 0.738. The van der Waals surface area contributed by atoms with Gasteiger partial charge in [-0.05, 0) is 6.07 Å². The zero-order valence-corrected chi connectivity index (χ0v) is 5.62. The molecule has 0 unspecified atom stereocenters. The topological polar surface area (TPSA) is 54.9 Å². The Balaban J connectivity index is 2.28. The first-order valence-electron chi connectivity index (χ1n) is 3.10. The van der Waals surface area contributed by atoms with Gasteiger partial charge in [-0.3, -0.25) is 0 Å². The van der Waals surface area contributed by atoms with E-state index in [1.165, 1.54) is 4.79 Å². The molecule has 0 aromatic carbocycles. The molecule has 0 saturated heterocycles. The van der Waals surface area contributed by atoms with Crippen molar-refractivity contribution < 1.29 is 0 Å². The van der Waals surface area contributed by atoms with E-state index in [0.717, 1.165) is 0 Å². The first-order valence-corrected chi connectivity index (χ1v) is 3.10. The van der Waals surface area contributed by atoms with Gasteiger partial charge in [0.25, 0.3) is 5.96 Å². The number of nitrogens with zero attached hydrogens (tertiary/aromatic N) is 5. The minimum atomic E-state index is 0.425. The van der Waals surface area contributed by atoms with E-state index >= 15 is 0 Å². The third-order valence-corrected chi connectivity index (χ3v) is 1.13. The molecule has 2 rings (SSSR count). The molecule has 5 heteroatoms. The summed E-state index contributed by atoms with van der Waals surface area (Å²) in [7, 11) is 0. The van der Waals surface area contributed by atoms with Crippen LogP contribution < -0.4 is 0 Å². The fourth-order valence-corrected chi connectivity index (χ4v) is 0.697. The van der Waals surface area contributed by atoms with Crippen molar-refractivity contribution in [3.63, 3.8) is 0 Å². The molecule has 54 valence electrons. The highest BCUT2D eigenvalue weighted by Crippen LogP contribution is 1.90. The van der Waals surface area contributed by atoms with E-state index in [2.05, 4.69) is 20.2 Å². The molecule has 0 N–H and O–H groups in total. The number of aromatic nitrogens is 2. The summed E-state index contributed by atoms with van der Waals surface area (Å²) in [6.07, 6.45) is 6.54. The van der Waals surface area contributed by atoms with E-state index in [9.17, 15) is 0 Å². The highest BCUT2D eigenvalue weighted by Gasteiger charge is 1.95. The summed E-state index contributed by atoms with van der Waals surface area (Å²) < 4.78 is 0. The molecule has 1 aromatic heterocycles. The van der Waals surface area contributed by atoms with Crippen LogP contribution in [-0.4, -0.2) is 28.3 Å². The van der Waals surface area contributed by atoms with Crippen LogP contribution in [0.2, 0.25) is 0 Å². The van der Waals surface area contributed by atoms with Crippen LogP contribution >= 0.6 is 0 Å². The molecule has 0 atom stereocenters. The average Bonchev–Trinajstić information content (AvgIpc) is 2.60. The summed E-state index contributed by atoms with van der Waals surface area (Å²) in [6, 6.07) is 1.78. The summed E-state index contributed by atoms with van der Waals surface area (Å²) in [4.78, 5) is 9.12. The van der Waals surface area contributed by atoms with Gasteiger partial charge in [-0.25, -0.2) is 9.98 Å². The smallest absolute Gasteiger partial charge is 0.217 e. The molecule has 1 aliphatic rings. The summed E-state index contributed by atoms with van der Waals surface area (Å²) >= 11 is 0. The SMILES string of the molecule is C1=NC(=Nn2cccn2)N=C1. The lowest BCUT2D eigenvalue weighted by Crippen LogP contribution is -1.93. The van der Waals surface area contributed by atoms with Crippen molar-refractivity contribution in [2.24, 2.45) is 15.1 Å². The monoisotopic (exact) mass is 147 g/mol. The van der Waals surface area contributed by atoms with Gasteiger partial charge in [0, 0.05) is 12.4 Å². The first kappa shape index (κ1) is 5.96. The predicted octanol–water partition coefficient (Wildman–Crippen LogP) is 0.157. The Labute approximate surface area is 62.8 Å². The number of rotatable bonds is 1. The molecule has 0 saturated carbocycles. The summed E-state index contributed by atoms with van der Waals surface area (Å²) in [5, 5.41) is 7.81. The van der Waals surface area contributed by atoms with Gasteiger partial charge in [0.1, 0.15) is 0 Å². The molecular weight excluding hydrogens is 142 g/mol. The highest BCUT2D eigenvalue weighted by molar-refractivity contribution is 6.26. The van der Waals surface area contributed by atoms with Crippen LogP contribution in [0.15, 0.2) is 33.5 Å². The Morgan fingerprint density at radius 1 is 1.27 bits per heavy atom. The number of guanidine groups is 1. The van der Waals surface area contributed by atoms with E-state index in [1.807, 2.05) is 0 Å². The van der Waals surface area contributed by atoms with Crippen molar-refractivity contribution in [3.8, 4) is 0 Å². The van der Waals surface area contributed by atoms with Gasteiger partial charge in [0.15, 0.2) is 0 Å². The van der Waals surface area contributed by atoms with Gasteiger partial charge in [-0.1, -0.05) is 0 Å². The number of aliphatic imine (C=N–C) groups is 2. The van der Waals surface area contributed by atoms with Crippen LogP contribution in [0, 0.1) is 0 Å². The number of hydrogen-bond acceptors (Lipinski definition) is 2. The van der Waals surface area contributed by atoms with Crippen molar-refractivity contribution >= 4 is 18.4 Å². The van der Waals surface area contributed by atoms with Crippen molar-refractivity contribution in [2.75, 3.05) is 0 Å². The van der Waals surface area contributed by atoms with E-state index in [4.69, 9.17) is 0 Å². The Morgan fingerprint density at radius 3 is 2.73 bits per heavy atom. The van der Waals surface area contributed by atoms with Gasteiger partial charge >= 0.3 is 0 Å². The molecule has 0 bridgehead atoms. The standard InChI is InChI=1S/C6H5N5/c1-2-9-11(5-1)10-6-7-3-4-8-6/h1-5H. The molecule has 1 aliphatic heterocycles. The zero-order chi connectivity index (χ0) is 7.52. The fourth-order valence-electron chi connectivity index (χ4n) is 0.697. The molecule has 0 amide bonds. The summed E-state index contributed by atoms with van der Waals surface area (Å²) in [6.45, 7) is 0. The number of hydrogen-bond donors (Lipinski definition) is 0. The molecule has 0 fully saturated rings. The lowest BCUT2D eigenvalue weighted by atomic mass is 10.8. The maximum Gasteiger partial charge on any atom is 0.268 e. The van der Waals surface area contributed by atoms with E-state index in [1.54, 1.807) is 30.9 Å². The third kappa shape index (κ3) is 1.21. The largest absolute Gasteiger partial charge is 0.268 e. The fraction of sp³-hybridized carbons (Fsp3) is 0. The van der Waals surface area contributed by atoms with Crippen LogP contribution in [0.3, 0.4) is 0 Å². The lowest BCUT2D eigenvalue weighted by Gasteiger charge is -1.88. The first-order chi connectivity index (χ1) is 5.45. The maximum absolute atomic E-state index is 3.94. The molecule has 0 spiro atoms. The predicted molar refractivity (Wildman–Crippen MR) is 42.0 cm³/mol. The van der Waals surface area contributed by atoms with Crippen LogP contribution in [0.5, 0.6) is 0 Å². The van der Waals surface area contributed by atoms with Gasteiger partial charge < -0.3 is 0 Å². The third-order valence-electron chi connectivity index (χ3n) is 1.13. The minimum Gasteiger partial charge on any atom is -0.217 e. The van der Waals surface area contributed by atoms with Crippen molar-refractivity contribution in [2.45, 2.75) is 0 Å². The van der Waals surface area contributed by atoms with E-state index in [0.29, 0.717) is 5.96 Å². The summed E-state index contributed by atoms with van der Waals surface area (Å²) in [5.74, 6) is 0.425. The van der Waals surface area contributed by atoms with Gasteiger partial charge in [0.2, 0.25) is 0 Å². The van der Waals surface area contributed by atoms with Crippen LogP contribution in [0.25, 0.3) is 0 Å². The molecule has 1 aromatic rings. The Morgan fingerprint density at radius 2 is 2.09 bits per heavy atom. The van der Waals surface area contributed by atoms with Crippen molar-refractivity contribution in [1.82, 2.24) is 9.89 Å². The maximum atomic E-state index is 3.94. The zero-order valence-electron chi connectivity index (χ0n) is 5.62. The van der Waals surface area contributed by atoms with Crippen LogP contribution in [0.1, 0.15) is 0 Å². The van der Waals surface area contributed by atoms with Crippen LogP contribution in [0.4, 0.5) is 0 Å². The quantitative estimate of drug-likeness (QED) is 0.558. The van der Waals surface area contributed by atoms with Crippen LogP contribution in [-0.2, 0) is 0 Å². The second-order valence-electron chi connectivity index (χ2n) is 1.88. The second kappa shape index (κ2) is 2.45. The normalized spacial score (nSPS) is 14.4. The average molecular weight is 147 g/mol. The minimum absolute atomic E-state index is 0.425. The second-order valence-corrected chi connectivity index (χ2v) is 1.88. The van der Waals surface area contributed by atoms with E-state index < -0.39 is 0 Å². The van der Waals surface area contributed by atoms with E-state index in [-0.39, 0.29) is 0 Å². The van der Waals surface area contributed by atoms with Gasteiger partial charge in [0.05, 0.1) is 12.4 Å². The van der Waals surface area contributed by atoms with Crippen molar-refractivity contribution in [3.05, 3.63) is 18.5 Å². The highest BCUT2D eigenvalue weighted by atomic mass is 15.5. The Kier molecular flexibility index (Phi) is 1.33. The molecule has 5 nitrogen and oxygen atoms in total. The summed E-state index contributed by atoms with van der Waals surface area (Å²) in [5.41, 5.74) is 0. The van der Waals surface area contributed by atoms with Crippen molar-refractivity contribution in [1.29, 1.82) is 0 Å². The molecular formula is C6H5N5.